The zero-order chi connectivity index (χ0) is 22.6. The number of fused-ring (bicyclic) bond motifs is 1. The number of piperazine rings is 1. The molecule has 6 nitrogen and oxygen atoms in total. The van der Waals surface area contributed by atoms with Crippen molar-refractivity contribution in [3.05, 3.63) is 54.7 Å². The Kier molecular flexibility index (Phi) is 6.53. The number of amides is 1. The molecule has 2 fully saturated rings. The minimum absolute atomic E-state index is 0.136. The van der Waals surface area contributed by atoms with Crippen molar-refractivity contribution in [3.63, 3.8) is 0 Å². The average molecular weight is 446 g/mol. The fourth-order valence-electron chi connectivity index (χ4n) is 5.45. The first-order valence-electron chi connectivity index (χ1n) is 12.4. The van der Waals surface area contributed by atoms with E-state index in [1.807, 2.05) is 35.4 Å². The van der Waals surface area contributed by atoms with Gasteiger partial charge in [0.2, 0.25) is 5.91 Å². The first kappa shape index (κ1) is 21.8. The number of nitrogens with two attached hydrogens (primary N) is 1. The molecule has 2 aliphatic rings. The molecule has 3 aromatic rings. The molecule has 1 saturated heterocycles. The minimum Gasteiger partial charge on any atom is -0.397 e. The molecule has 1 aliphatic carbocycles. The lowest BCUT2D eigenvalue weighted by Crippen LogP contribution is -2.49. The summed E-state index contributed by atoms with van der Waals surface area (Å²) < 4.78 is 0. The molecule has 0 radical (unpaired) electrons. The summed E-state index contributed by atoms with van der Waals surface area (Å²) in [5.74, 6) is 0.391. The van der Waals surface area contributed by atoms with E-state index in [0.29, 0.717) is 12.2 Å². The smallest absolute Gasteiger partial charge is 0.230 e. The van der Waals surface area contributed by atoms with E-state index < -0.39 is 0 Å². The second-order valence-electron chi connectivity index (χ2n) is 9.43. The van der Waals surface area contributed by atoms with Crippen LogP contribution in [0.3, 0.4) is 0 Å². The van der Waals surface area contributed by atoms with E-state index in [2.05, 4.69) is 39.0 Å². The van der Waals surface area contributed by atoms with Gasteiger partial charge in [-0.25, -0.2) is 0 Å². The van der Waals surface area contributed by atoms with E-state index in [1.54, 1.807) is 0 Å². The first-order chi connectivity index (χ1) is 16.2. The number of hydrogen-bond donors (Lipinski definition) is 2. The summed E-state index contributed by atoms with van der Waals surface area (Å²) in [4.78, 5) is 23.7. The van der Waals surface area contributed by atoms with Crippen LogP contribution in [0.25, 0.3) is 10.9 Å². The monoisotopic (exact) mass is 445 g/mol. The third kappa shape index (κ3) is 4.71. The zero-order valence-electron chi connectivity index (χ0n) is 19.4. The van der Waals surface area contributed by atoms with Gasteiger partial charge in [-0.2, -0.15) is 0 Å². The summed E-state index contributed by atoms with van der Waals surface area (Å²) in [6.07, 6.45) is 7.58. The zero-order valence-corrected chi connectivity index (χ0v) is 19.4. The molecule has 3 N–H and O–H groups in total. The summed E-state index contributed by atoms with van der Waals surface area (Å²) in [5.41, 5.74) is 10.3. The van der Waals surface area contributed by atoms with Crippen LogP contribution in [0.15, 0.2) is 54.7 Å². The third-order valence-corrected chi connectivity index (χ3v) is 7.37. The number of aromatic amines is 1. The number of anilines is 3. The molecule has 5 rings (SSSR count). The van der Waals surface area contributed by atoms with E-state index in [9.17, 15) is 4.79 Å². The van der Waals surface area contributed by atoms with Crippen LogP contribution in [0, 0.1) is 5.92 Å². The molecule has 174 valence electrons. The van der Waals surface area contributed by atoms with Gasteiger partial charge in [-0.05, 0) is 43.2 Å². The summed E-state index contributed by atoms with van der Waals surface area (Å²) in [6, 6.07) is 16.4. The van der Waals surface area contributed by atoms with Crippen LogP contribution in [0.5, 0.6) is 0 Å². The van der Waals surface area contributed by atoms with Crippen molar-refractivity contribution in [2.75, 3.05) is 54.8 Å². The number of para-hydroxylation sites is 2. The van der Waals surface area contributed by atoms with Crippen molar-refractivity contribution < 1.29 is 4.79 Å². The Bertz CT molecular complexity index is 1080. The standard InChI is InChI=1S/C27H35N5O/c28-23-9-4-5-11-26(23)32(27(33)21-7-2-1-3-8-21)20-17-30-15-18-31(19-16-30)25-12-6-10-24-22(25)13-14-29-24/h4-6,9-14,21,29H,1-3,7-8,15-20,28H2. The number of nitrogens with one attached hydrogen (secondary N) is 1. The number of aromatic nitrogens is 1. The van der Waals surface area contributed by atoms with E-state index in [1.165, 1.54) is 23.0 Å². The molecule has 2 aromatic carbocycles. The fraction of sp³-hybridized carbons (Fsp3) is 0.444. The van der Waals surface area contributed by atoms with Crippen molar-refractivity contribution in [2.24, 2.45) is 5.92 Å². The van der Waals surface area contributed by atoms with Crippen LogP contribution in [0.2, 0.25) is 0 Å². The van der Waals surface area contributed by atoms with E-state index >= 15 is 0 Å². The molecule has 0 bridgehead atoms. The highest BCUT2D eigenvalue weighted by Crippen LogP contribution is 2.30. The minimum atomic E-state index is 0.136. The maximum Gasteiger partial charge on any atom is 0.230 e. The summed E-state index contributed by atoms with van der Waals surface area (Å²) in [7, 11) is 0. The number of carbonyl (C=O) groups excluding carboxylic acids is 1. The Morgan fingerprint density at radius 2 is 1.76 bits per heavy atom. The Labute approximate surface area is 196 Å². The number of H-pyrrole nitrogens is 1. The average Bonchev–Trinajstić information content (AvgIpc) is 3.35. The number of carbonyl (C=O) groups is 1. The largest absolute Gasteiger partial charge is 0.397 e. The Morgan fingerprint density at radius 3 is 2.55 bits per heavy atom. The Morgan fingerprint density at radius 1 is 0.970 bits per heavy atom. The second kappa shape index (κ2) is 9.87. The molecule has 1 amide bonds. The molecule has 0 unspecified atom stereocenters. The Balaban J connectivity index is 1.24. The van der Waals surface area contributed by atoms with Gasteiger partial charge in [-0.1, -0.05) is 37.5 Å². The van der Waals surface area contributed by atoms with Crippen molar-refractivity contribution in [3.8, 4) is 0 Å². The van der Waals surface area contributed by atoms with Gasteiger partial charge in [0.1, 0.15) is 0 Å². The van der Waals surface area contributed by atoms with Gasteiger partial charge >= 0.3 is 0 Å². The van der Waals surface area contributed by atoms with Crippen LogP contribution in [-0.4, -0.2) is 55.1 Å². The Hall–Kier alpha value is -2.99. The molecule has 1 saturated carbocycles. The van der Waals surface area contributed by atoms with Gasteiger partial charge in [0.05, 0.1) is 11.4 Å². The lowest BCUT2D eigenvalue weighted by atomic mass is 9.88. The van der Waals surface area contributed by atoms with Crippen LogP contribution in [-0.2, 0) is 4.79 Å². The third-order valence-electron chi connectivity index (χ3n) is 7.37. The predicted molar refractivity (Wildman–Crippen MR) is 137 cm³/mol. The molecule has 2 heterocycles. The first-order valence-corrected chi connectivity index (χ1v) is 12.4. The quantitative estimate of drug-likeness (QED) is 0.549. The molecule has 6 heteroatoms. The van der Waals surface area contributed by atoms with Gasteiger partial charge in [-0.15, -0.1) is 0 Å². The molecule has 0 spiro atoms. The lowest BCUT2D eigenvalue weighted by molar-refractivity contribution is -0.123. The van der Waals surface area contributed by atoms with Gasteiger partial charge in [0.25, 0.3) is 0 Å². The summed E-state index contributed by atoms with van der Waals surface area (Å²) >= 11 is 0. The van der Waals surface area contributed by atoms with Crippen molar-refractivity contribution >= 4 is 33.9 Å². The molecule has 1 aromatic heterocycles. The van der Waals surface area contributed by atoms with Crippen molar-refractivity contribution in [1.29, 1.82) is 0 Å². The van der Waals surface area contributed by atoms with E-state index in [4.69, 9.17) is 5.73 Å². The SMILES string of the molecule is Nc1ccccc1N(CCN1CCN(c2cccc3[nH]ccc23)CC1)C(=O)C1CCCCC1. The highest BCUT2D eigenvalue weighted by molar-refractivity contribution is 5.97. The summed E-state index contributed by atoms with van der Waals surface area (Å²) in [6.45, 7) is 5.54. The maximum atomic E-state index is 13.5. The van der Waals surface area contributed by atoms with E-state index in [0.717, 1.165) is 64.1 Å². The lowest BCUT2D eigenvalue weighted by Gasteiger charge is -2.38. The van der Waals surface area contributed by atoms with Gasteiger partial charge in [0.15, 0.2) is 0 Å². The van der Waals surface area contributed by atoms with Crippen molar-refractivity contribution in [2.45, 2.75) is 32.1 Å². The highest BCUT2D eigenvalue weighted by atomic mass is 16.2. The number of nitrogen functional groups attached to an aromatic ring is 1. The van der Waals surface area contributed by atoms with Gasteiger partial charge < -0.3 is 20.5 Å². The molecular formula is C27H35N5O. The van der Waals surface area contributed by atoms with E-state index in [-0.39, 0.29) is 11.8 Å². The number of nitrogens with zero attached hydrogens (tertiary/aromatic N) is 3. The molecule has 0 atom stereocenters. The number of benzene rings is 2. The second-order valence-corrected chi connectivity index (χ2v) is 9.43. The maximum absolute atomic E-state index is 13.5. The number of hydrogen-bond acceptors (Lipinski definition) is 4. The fourth-order valence-corrected chi connectivity index (χ4v) is 5.45. The molecule has 1 aliphatic heterocycles. The topological polar surface area (TPSA) is 68.6 Å². The van der Waals surface area contributed by atoms with Crippen LogP contribution >= 0.6 is 0 Å². The van der Waals surface area contributed by atoms with Gasteiger partial charge in [-0.3, -0.25) is 9.69 Å². The highest BCUT2D eigenvalue weighted by Gasteiger charge is 2.28. The predicted octanol–water partition coefficient (Wildman–Crippen LogP) is 4.49. The molecular weight excluding hydrogens is 410 g/mol. The van der Waals surface area contributed by atoms with Crippen LogP contribution in [0.4, 0.5) is 17.1 Å². The molecule has 33 heavy (non-hydrogen) atoms. The van der Waals surface area contributed by atoms with Crippen LogP contribution < -0.4 is 15.5 Å². The normalized spacial score (nSPS) is 18.0. The van der Waals surface area contributed by atoms with Crippen molar-refractivity contribution in [1.82, 2.24) is 9.88 Å². The van der Waals surface area contributed by atoms with Gasteiger partial charge in [0, 0.05) is 68.0 Å². The summed E-state index contributed by atoms with van der Waals surface area (Å²) in [5, 5.41) is 1.29. The van der Waals surface area contributed by atoms with Crippen LogP contribution in [0.1, 0.15) is 32.1 Å². The number of rotatable bonds is 6.